The molecule has 7 heteroatoms. The highest BCUT2D eigenvalue weighted by Gasteiger charge is 2.15. The zero-order chi connectivity index (χ0) is 18.2. The van der Waals surface area contributed by atoms with Crippen molar-refractivity contribution < 1.29 is 24.2 Å². The summed E-state index contributed by atoms with van der Waals surface area (Å²) in [7, 11) is 0. The Labute approximate surface area is 150 Å². The van der Waals surface area contributed by atoms with E-state index in [4.69, 9.17) is 21.1 Å². The van der Waals surface area contributed by atoms with Crippen molar-refractivity contribution in [3.05, 3.63) is 58.6 Å². The molecule has 0 saturated heterocycles. The largest absolute Gasteiger partial charge is 0.507 e. The van der Waals surface area contributed by atoms with Crippen molar-refractivity contribution >= 4 is 23.5 Å². The zero-order valence-corrected chi connectivity index (χ0v) is 14.4. The van der Waals surface area contributed by atoms with Crippen molar-refractivity contribution in [2.45, 2.75) is 6.92 Å². The van der Waals surface area contributed by atoms with Crippen LogP contribution in [0.25, 0.3) is 0 Å². The molecule has 2 aromatic rings. The summed E-state index contributed by atoms with van der Waals surface area (Å²) < 4.78 is 10.3. The van der Waals surface area contributed by atoms with E-state index in [0.717, 1.165) is 0 Å². The highest BCUT2D eigenvalue weighted by molar-refractivity contribution is 6.30. The maximum Gasteiger partial charge on any atom is 0.342 e. The fraction of sp³-hybridized carbons (Fsp3) is 0.222. The number of aryl methyl sites for hydroxylation is 1. The molecule has 0 aromatic heterocycles. The van der Waals surface area contributed by atoms with Gasteiger partial charge in [0.05, 0.1) is 6.54 Å². The summed E-state index contributed by atoms with van der Waals surface area (Å²) in [5.41, 5.74) is 0.581. The number of carbonyl (C=O) groups is 2. The number of phenolic OH excluding ortho intramolecular Hbond substituents is 1. The van der Waals surface area contributed by atoms with Gasteiger partial charge >= 0.3 is 5.97 Å². The summed E-state index contributed by atoms with van der Waals surface area (Å²) in [6, 6.07) is 11.6. The van der Waals surface area contributed by atoms with E-state index in [9.17, 15) is 14.7 Å². The Hall–Kier alpha value is -2.73. The molecule has 0 saturated carbocycles. The quantitative estimate of drug-likeness (QED) is 0.583. The predicted molar refractivity (Wildman–Crippen MR) is 93.1 cm³/mol. The number of phenols is 1. The summed E-state index contributed by atoms with van der Waals surface area (Å²) in [6.07, 6.45) is 0. The number of hydrogen-bond acceptors (Lipinski definition) is 5. The minimum Gasteiger partial charge on any atom is -0.507 e. The first-order chi connectivity index (χ1) is 12.0. The number of benzene rings is 2. The van der Waals surface area contributed by atoms with Gasteiger partial charge in [0.25, 0.3) is 5.91 Å². The number of ether oxygens (including phenoxy) is 2. The summed E-state index contributed by atoms with van der Waals surface area (Å²) in [5.74, 6) is -0.724. The molecular formula is C18H18ClNO5. The third kappa shape index (κ3) is 5.69. The molecule has 2 rings (SSSR count). The molecule has 0 spiro atoms. The number of amides is 1. The molecule has 0 radical (unpaired) electrons. The first-order valence-corrected chi connectivity index (χ1v) is 7.96. The molecule has 2 aromatic carbocycles. The number of carbonyl (C=O) groups excluding carboxylic acids is 2. The van der Waals surface area contributed by atoms with Crippen LogP contribution < -0.4 is 10.1 Å². The molecule has 0 aliphatic carbocycles. The van der Waals surface area contributed by atoms with Crippen molar-refractivity contribution in [2.24, 2.45) is 0 Å². The number of aromatic hydroxyl groups is 1. The van der Waals surface area contributed by atoms with Gasteiger partial charge in [-0.2, -0.15) is 0 Å². The van der Waals surface area contributed by atoms with Crippen LogP contribution in [0.4, 0.5) is 0 Å². The molecule has 1 amide bonds. The van der Waals surface area contributed by atoms with Gasteiger partial charge in [-0.05, 0) is 42.8 Å². The molecule has 132 valence electrons. The number of halogens is 1. The smallest absolute Gasteiger partial charge is 0.342 e. The summed E-state index contributed by atoms with van der Waals surface area (Å²) in [6.45, 7) is 1.75. The minimum absolute atomic E-state index is 0.0267. The molecule has 0 unspecified atom stereocenters. The van der Waals surface area contributed by atoms with Crippen molar-refractivity contribution in [1.29, 1.82) is 0 Å². The maximum absolute atomic E-state index is 11.9. The maximum atomic E-state index is 11.9. The molecule has 0 aliphatic heterocycles. The van der Waals surface area contributed by atoms with Crippen LogP contribution in [-0.2, 0) is 9.53 Å². The number of esters is 1. The van der Waals surface area contributed by atoms with Crippen molar-refractivity contribution in [1.82, 2.24) is 5.32 Å². The Morgan fingerprint density at radius 1 is 1.16 bits per heavy atom. The topological polar surface area (TPSA) is 84.9 Å². The van der Waals surface area contributed by atoms with Gasteiger partial charge in [-0.1, -0.05) is 23.7 Å². The zero-order valence-electron chi connectivity index (χ0n) is 13.6. The second-order valence-electron chi connectivity index (χ2n) is 5.20. The molecule has 25 heavy (non-hydrogen) atoms. The van der Waals surface area contributed by atoms with Crippen molar-refractivity contribution in [3.8, 4) is 11.5 Å². The Morgan fingerprint density at radius 3 is 2.60 bits per heavy atom. The number of rotatable bonds is 7. The molecule has 0 heterocycles. The lowest BCUT2D eigenvalue weighted by Crippen LogP contribution is -2.32. The van der Waals surface area contributed by atoms with Crippen LogP contribution in [0.3, 0.4) is 0 Å². The lowest BCUT2D eigenvalue weighted by atomic mass is 10.1. The van der Waals surface area contributed by atoms with Crippen molar-refractivity contribution in [3.63, 3.8) is 0 Å². The molecule has 6 nitrogen and oxygen atoms in total. The van der Waals surface area contributed by atoms with Gasteiger partial charge in [0.15, 0.2) is 6.61 Å². The van der Waals surface area contributed by atoms with E-state index in [2.05, 4.69) is 5.32 Å². The van der Waals surface area contributed by atoms with Gasteiger partial charge in [-0.15, -0.1) is 0 Å². The molecule has 2 N–H and O–H groups in total. The Kier molecular flexibility index (Phi) is 6.65. The van der Waals surface area contributed by atoms with E-state index >= 15 is 0 Å². The van der Waals surface area contributed by atoms with E-state index in [1.807, 2.05) is 0 Å². The molecular weight excluding hydrogens is 346 g/mol. The first kappa shape index (κ1) is 18.6. The van der Waals surface area contributed by atoms with Gasteiger partial charge in [-0.3, -0.25) is 4.79 Å². The second-order valence-corrected chi connectivity index (χ2v) is 5.64. The number of para-hydroxylation sites is 1. The predicted octanol–water partition coefficient (Wildman–Crippen LogP) is 2.71. The summed E-state index contributed by atoms with van der Waals surface area (Å²) in [4.78, 5) is 23.5. The van der Waals surface area contributed by atoms with E-state index in [1.54, 1.807) is 43.3 Å². The molecule has 0 atom stereocenters. The number of hydrogen-bond donors (Lipinski definition) is 2. The SMILES string of the molecule is Cc1cccc(C(=O)OCC(=O)NCCOc2ccc(Cl)cc2)c1O. The Balaban J connectivity index is 1.69. The van der Waals surface area contributed by atoms with E-state index < -0.39 is 18.5 Å². The number of nitrogens with one attached hydrogen (secondary N) is 1. The highest BCUT2D eigenvalue weighted by Crippen LogP contribution is 2.22. The third-order valence-corrected chi connectivity index (χ3v) is 3.55. The van der Waals surface area contributed by atoms with Gasteiger partial charge in [0.2, 0.25) is 0 Å². The lowest BCUT2D eigenvalue weighted by molar-refractivity contribution is -0.124. The molecule has 0 fully saturated rings. The van der Waals surface area contributed by atoms with E-state index in [0.29, 0.717) is 16.3 Å². The summed E-state index contributed by atoms with van der Waals surface area (Å²) >= 11 is 5.77. The summed E-state index contributed by atoms with van der Waals surface area (Å²) in [5, 5.41) is 13.0. The van der Waals surface area contributed by atoms with Gasteiger partial charge in [0.1, 0.15) is 23.7 Å². The monoisotopic (exact) mass is 363 g/mol. The minimum atomic E-state index is -0.756. The fourth-order valence-electron chi connectivity index (χ4n) is 1.97. The average molecular weight is 364 g/mol. The van der Waals surface area contributed by atoms with Gasteiger partial charge in [-0.25, -0.2) is 4.79 Å². The van der Waals surface area contributed by atoms with Crippen LogP contribution in [0.5, 0.6) is 11.5 Å². The van der Waals surface area contributed by atoms with Crippen LogP contribution in [0.2, 0.25) is 5.02 Å². The third-order valence-electron chi connectivity index (χ3n) is 3.30. The van der Waals surface area contributed by atoms with Crippen LogP contribution in [0.1, 0.15) is 15.9 Å². The average Bonchev–Trinajstić information content (AvgIpc) is 2.60. The lowest BCUT2D eigenvalue weighted by Gasteiger charge is -2.09. The van der Waals surface area contributed by atoms with Crippen LogP contribution in [0, 0.1) is 6.92 Å². The molecule has 0 bridgehead atoms. The normalized spacial score (nSPS) is 10.2. The van der Waals surface area contributed by atoms with Crippen molar-refractivity contribution in [2.75, 3.05) is 19.8 Å². The van der Waals surface area contributed by atoms with Crippen LogP contribution in [-0.4, -0.2) is 36.7 Å². The van der Waals surface area contributed by atoms with E-state index in [1.165, 1.54) is 6.07 Å². The molecule has 0 aliphatic rings. The van der Waals surface area contributed by atoms with E-state index in [-0.39, 0.29) is 24.5 Å². The van der Waals surface area contributed by atoms with Crippen LogP contribution in [0.15, 0.2) is 42.5 Å². The van der Waals surface area contributed by atoms with Gasteiger partial charge < -0.3 is 19.9 Å². The highest BCUT2D eigenvalue weighted by atomic mass is 35.5. The standard InChI is InChI=1S/C18H18ClNO5/c1-12-3-2-4-15(17(12)22)18(23)25-11-16(21)20-9-10-24-14-7-5-13(19)6-8-14/h2-8,22H,9-11H2,1H3,(H,20,21). The first-order valence-electron chi connectivity index (χ1n) is 7.58. The fourth-order valence-corrected chi connectivity index (χ4v) is 2.10. The second kappa shape index (κ2) is 8.94. The van der Waals surface area contributed by atoms with Crippen LogP contribution >= 0.6 is 11.6 Å². The Morgan fingerprint density at radius 2 is 1.88 bits per heavy atom. The Bertz CT molecular complexity index is 746. The van der Waals surface area contributed by atoms with Gasteiger partial charge in [0, 0.05) is 5.02 Å².